The minimum Gasteiger partial charge on any atom is -0.508 e. The third-order valence-corrected chi connectivity index (χ3v) is 19.2. The van der Waals surface area contributed by atoms with Gasteiger partial charge in [-0.15, -0.1) is 0 Å². The van der Waals surface area contributed by atoms with Gasteiger partial charge in [-0.25, -0.2) is 8.78 Å². The molecule has 6 heterocycles. The lowest BCUT2D eigenvalue weighted by molar-refractivity contribution is -0.143. The third kappa shape index (κ3) is 15.7. The number of phenolic OH excluding ortho intramolecular Hbond substituents is 1. The molecular weight excluding hydrogens is 1200 g/mol. The molecule has 476 valence electrons. The van der Waals surface area contributed by atoms with Crippen molar-refractivity contribution in [1.29, 1.82) is 0 Å². The zero-order chi connectivity index (χ0) is 63.6. The van der Waals surface area contributed by atoms with Gasteiger partial charge in [-0.3, -0.25) is 43.2 Å². The Morgan fingerprint density at radius 3 is 1.56 bits per heavy atom. The number of carbonyl (C=O) groups is 9. The minimum atomic E-state index is -1.48. The van der Waals surface area contributed by atoms with Gasteiger partial charge in [0.05, 0.1) is 0 Å². The molecule has 8 atom stereocenters. The van der Waals surface area contributed by atoms with E-state index in [1.807, 2.05) is 18.2 Å². The second-order valence-corrected chi connectivity index (χ2v) is 25.7. The van der Waals surface area contributed by atoms with E-state index in [-0.39, 0.29) is 62.8 Å². The van der Waals surface area contributed by atoms with Crippen LogP contribution in [0.25, 0.3) is 21.8 Å². The fourth-order valence-electron chi connectivity index (χ4n) is 12.4. The summed E-state index contributed by atoms with van der Waals surface area (Å²) in [7, 11) is 0. The largest absolute Gasteiger partial charge is 0.508 e. The lowest BCUT2D eigenvalue weighted by Gasteiger charge is -2.31. The minimum absolute atomic E-state index is 0.00652. The molecule has 4 aliphatic heterocycles. The molecule has 21 nitrogen and oxygen atoms in total. The van der Waals surface area contributed by atoms with Crippen LogP contribution in [-0.4, -0.2) is 169 Å². The number of aromatic amines is 2. The third-order valence-electron chi connectivity index (χ3n) is 17.1. The van der Waals surface area contributed by atoms with Crippen LogP contribution in [0, 0.1) is 11.6 Å². The highest BCUT2D eigenvalue weighted by Gasteiger charge is 2.42. The van der Waals surface area contributed by atoms with Gasteiger partial charge in [0, 0.05) is 109 Å². The monoisotopic (exact) mass is 1270 g/mol. The summed E-state index contributed by atoms with van der Waals surface area (Å²) in [5.74, 6) is -4.12. The number of nitrogens with zero attached hydrogens (tertiary/aromatic N) is 3. The first-order valence-electron chi connectivity index (χ1n) is 30.6. The Hall–Kier alpha value is -8.45. The maximum Gasteiger partial charge on any atom is 0.246 e. The highest BCUT2D eigenvalue weighted by atomic mass is 32.2. The first-order chi connectivity index (χ1) is 43.4. The summed E-state index contributed by atoms with van der Waals surface area (Å²) in [5.41, 5.74) is 4.68. The van der Waals surface area contributed by atoms with Crippen molar-refractivity contribution < 1.29 is 57.0 Å². The normalized spacial score (nSPS) is 24.8. The number of aromatic hydroxyl groups is 1. The Morgan fingerprint density at radius 2 is 0.989 bits per heavy atom. The first-order valence-corrected chi connectivity index (χ1v) is 32.9. The van der Waals surface area contributed by atoms with Gasteiger partial charge >= 0.3 is 0 Å². The van der Waals surface area contributed by atoms with Crippen molar-refractivity contribution in [2.45, 2.75) is 138 Å². The van der Waals surface area contributed by atoms with E-state index in [0.717, 1.165) is 11.1 Å². The lowest BCUT2D eigenvalue weighted by Crippen LogP contribution is -2.60. The van der Waals surface area contributed by atoms with Gasteiger partial charge in [0.1, 0.15) is 65.7 Å². The molecule has 10 rings (SSSR count). The van der Waals surface area contributed by atoms with Gasteiger partial charge in [0.25, 0.3) is 0 Å². The van der Waals surface area contributed by atoms with Crippen molar-refractivity contribution >= 4 is 98.5 Å². The summed E-state index contributed by atoms with van der Waals surface area (Å²) in [4.78, 5) is 140. The lowest BCUT2D eigenvalue weighted by atomic mass is 10.0. The molecule has 0 aliphatic carbocycles. The molecule has 90 heavy (non-hydrogen) atoms. The number of thioether (sulfide) groups is 2. The van der Waals surface area contributed by atoms with E-state index in [1.165, 1.54) is 77.1 Å². The van der Waals surface area contributed by atoms with Crippen molar-refractivity contribution in [1.82, 2.24) is 56.6 Å². The molecule has 0 spiro atoms. The van der Waals surface area contributed by atoms with E-state index in [2.05, 4.69) is 47.9 Å². The summed E-state index contributed by atoms with van der Waals surface area (Å²) in [6.07, 6.45) is 5.20. The molecule has 9 amide bonds. The van der Waals surface area contributed by atoms with Gasteiger partial charge in [-0.2, -0.15) is 23.5 Å². The Kier molecular flexibility index (Phi) is 21.1. The van der Waals surface area contributed by atoms with Crippen molar-refractivity contribution in [3.8, 4) is 5.75 Å². The Bertz CT molecular complexity index is 3660. The standard InChI is InChI=1S/C65H75F2N11O10S2/c1-37-58(81)73-51(29-42-33-69-49-18-14-44(66)31-47(42)49)60(83)75-53(30-43-34-70-50-19-15-45(67)32-48(43)50)65(88)78-24-6-11-56(78)63(86)72-38(2)59(82)74-52(28-39-12-16-46(79)17-13-39)64(87)77-23-5-9-54(77)61(84)68-21-26-90-36-41-8-3-7-40(27-41)35-89-25-20-57(80)76-22-4-10-55(76)62(85)71-37/h3,7-8,12-19,27,31-34,37-38,51-56,69-70,79H,4-6,9-11,20-26,28-30,35-36H2,1-2H3,(H,68,84)(H,71,85)(H,72,86)(H,73,81)(H,74,82)(H,75,83)/t37-,38+,51+,52+,53+,54+,55-,56+/m1/s1. The number of carbonyl (C=O) groups excluding carboxylic acids is 9. The van der Waals surface area contributed by atoms with E-state index < -0.39 is 101 Å². The van der Waals surface area contributed by atoms with Crippen LogP contribution in [0.2, 0.25) is 0 Å². The summed E-state index contributed by atoms with van der Waals surface area (Å²) < 4.78 is 29.7. The molecule has 9 N–H and O–H groups in total. The first kappa shape index (κ1) is 64.5. The van der Waals surface area contributed by atoms with Gasteiger partial charge in [-0.1, -0.05) is 36.4 Å². The number of rotatable bonds is 6. The van der Waals surface area contributed by atoms with Crippen molar-refractivity contribution in [3.63, 3.8) is 0 Å². The van der Waals surface area contributed by atoms with Crippen LogP contribution < -0.4 is 31.9 Å². The molecule has 3 fully saturated rings. The zero-order valence-corrected chi connectivity index (χ0v) is 51.8. The van der Waals surface area contributed by atoms with Crippen molar-refractivity contribution in [2.75, 3.05) is 37.7 Å². The predicted octanol–water partition coefficient (Wildman–Crippen LogP) is 4.78. The molecule has 6 aromatic rings. The number of hydrogen-bond donors (Lipinski definition) is 9. The van der Waals surface area contributed by atoms with E-state index in [9.17, 15) is 47.4 Å². The number of amides is 9. The topological polar surface area (TPSA) is 287 Å². The van der Waals surface area contributed by atoms with Crippen molar-refractivity contribution in [2.24, 2.45) is 0 Å². The molecule has 2 aromatic heterocycles. The van der Waals surface area contributed by atoms with Crippen molar-refractivity contribution in [3.05, 3.63) is 137 Å². The maximum atomic E-state index is 15.2. The maximum absolute atomic E-state index is 15.2. The number of H-pyrrole nitrogens is 2. The van der Waals surface area contributed by atoms with Gasteiger partial charge in [0.2, 0.25) is 53.2 Å². The molecule has 4 aromatic carbocycles. The Morgan fingerprint density at radius 1 is 0.511 bits per heavy atom. The molecule has 0 saturated carbocycles. The molecule has 0 radical (unpaired) electrons. The number of hydrogen-bond acceptors (Lipinski definition) is 12. The van der Waals surface area contributed by atoms with E-state index in [0.29, 0.717) is 107 Å². The van der Waals surface area contributed by atoms with Crippen LogP contribution in [0.1, 0.15) is 86.6 Å². The summed E-state index contributed by atoms with van der Waals surface area (Å²) in [6, 6.07) is 12.9. The van der Waals surface area contributed by atoms with Crippen LogP contribution in [0.5, 0.6) is 5.75 Å². The molecule has 2 bridgehead atoms. The van der Waals surface area contributed by atoms with Gasteiger partial charge in [0.15, 0.2) is 0 Å². The number of fused-ring (bicyclic) bond motifs is 7. The second-order valence-electron chi connectivity index (χ2n) is 23.5. The number of phenols is 1. The number of nitrogens with one attached hydrogen (secondary N) is 8. The second kappa shape index (κ2) is 29.5. The highest BCUT2D eigenvalue weighted by Crippen LogP contribution is 2.28. The van der Waals surface area contributed by atoms with Crippen LogP contribution in [0.4, 0.5) is 8.78 Å². The average molecular weight is 1270 g/mol. The van der Waals surface area contributed by atoms with Gasteiger partial charge in [-0.05, 0) is 129 Å². The fourth-order valence-corrected chi connectivity index (χ4v) is 14.1. The highest BCUT2D eigenvalue weighted by molar-refractivity contribution is 7.98. The SMILES string of the molecule is C[C@@H]1NC(=O)[C@@H]2CCCN2C(=O)[C@H](Cc2c[nH]c3ccc(F)cc23)NC(=O)[C@H](Cc2c[nH]c3ccc(F)cc23)NC(=O)[C@@H](C)NC(=O)[C@H]2CCCN2C(=O)CCSCc2cccc(c2)CSCCNC(=O)[C@@H]2CCCN2C(=O)[C@H](Cc2ccc(O)cc2)NC1=O. The van der Waals surface area contributed by atoms with E-state index >= 15 is 9.59 Å². The van der Waals surface area contributed by atoms with Crippen LogP contribution >= 0.6 is 23.5 Å². The fraction of sp³-hybridized carbons (Fsp3) is 0.431. The number of benzene rings is 4. The van der Waals surface area contributed by atoms with Crippen LogP contribution in [-0.2, 0) is 73.9 Å². The van der Waals surface area contributed by atoms with Crippen LogP contribution in [0.3, 0.4) is 0 Å². The average Bonchev–Trinajstić information content (AvgIpc) is 2.23. The molecule has 25 heteroatoms. The molecule has 4 aliphatic rings. The summed E-state index contributed by atoms with van der Waals surface area (Å²) >= 11 is 3.23. The smallest absolute Gasteiger partial charge is 0.246 e. The van der Waals surface area contributed by atoms with E-state index in [1.54, 1.807) is 48.1 Å². The van der Waals surface area contributed by atoms with Gasteiger partial charge < -0.3 is 61.7 Å². The summed E-state index contributed by atoms with van der Waals surface area (Å²) in [5, 5.41) is 27.8. The quantitative estimate of drug-likeness (QED) is 0.109. The van der Waals surface area contributed by atoms with E-state index in [4.69, 9.17) is 0 Å². The number of aromatic nitrogens is 2. The predicted molar refractivity (Wildman–Crippen MR) is 337 cm³/mol. The molecular formula is C65H75F2N11O10S2. The van der Waals surface area contributed by atoms with Crippen LogP contribution in [0.15, 0.2) is 97.3 Å². The number of halogens is 2. The zero-order valence-electron chi connectivity index (χ0n) is 50.1. The Balaban J connectivity index is 0.928. The molecule has 0 unspecified atom stereocenters. The molecule has 3 saturated heterocycles. The summed E-state index contributed by atoms with van der Waals surface area (Å²) in [6.45, 7) is 3.87. The Labute approximate surface area is 527 Å².